The van der Waals surface area contributed by atoms with Crippen LogP contribution in [0.2, 0.25) is 0 Å². The lowest BCUT2D eigenvalue weighted by Gasteiger charge is -2.27. The number of para-hydroxylation sites is 2. The number of fused-ring (bicyclic) bond motifs is 1. The number of amides is 2. The van der Waals surface area contributed by atoms with E-state index in [2.05, 4.69) is 9.88 Å². The first-order valence-corrected chi connectivity index (χ1v) is 9.77. The molecule has 1 N–H and O–H groups in total. The lowest BCUT2D eigenvalue weighted by atomic mass is 10.1. The summed E-state index contributed by atoms with van der Waals surface area (Å²) in [5.74, 6) is -1.05. The number of carbonyl (C=O) groups excluding carboxylic acids is 3. The Balaban J connectivity index is 1.78. The van der Waals surface area contributed by atoms with E-state index in [0.717, 1.165) is 11.4 Å². The molecule has 7 heteroatoms. The molecule has 2 amide bonds. The van der Waals surface area contributed by atoms with Crippen molar-refractivity contribution in [1.29, 1.82) is 0 Å². The predicted octanol–water partition coefficient (Wildman–Crippen LogP) is 3.61. The van der Waals surface area contributed by atoms with Crippen LogP contribution in [0, 0.1) is 13.8 Å². The second kappa shape index (κ2) is 8.11. The van der Waals surface area contributed by atoms with Crippen LogP contribution in [0.4, 0.5) is 11.4 Å². The number of benzene rings is 1. The highest BCUT2D eigenvalue weighted by Gasteiger charge is 2.30. The standard InChI is InChI=1S/C22H27N3O4/c1-13(2)24-14(3)10-17(16(24)5)22(28)29-12-21(27)25-15(4)11-20(26)23-18-8-6-7-9-19(18)25/h6-10,13,15H,11-12H2,1-5H3,(H,23,26)/t15-/m1/s1. The topological polar surface area (TPSA) is 80.6 Å². The summed E-state index contributed by atoms with van der Waals surface area (Å²) in [6, 6.07) is 8.77. The molecule has 2 heterocycles. The Morgan fingerprint density at radius 3 is 2.59 bits per heavy atom. The fourth-order valence-corrected chi connectivity index (χ4v) is 4.02. The number of ether oxygens (including phenoxy) is 1. The third-order valence-corrected chi connectivity index (χ3v) is 5.18. The maximum Gasteiger partial charge on any atom is 0.340 e. The van der Waals surface area contributed by atoms with E-state index in [1.54, 1.807) is 37.3 Å². The first-order valence-electron chi connectivity index (χ1n) is 9.77. The monoisotopic (exact) mass is 397 g/mol. The second-order valence-corrected chi connectivity index (χ2v) is 7.71. The van der Waals surface area contributed by atoms with E-state index in [4.69, 9.17) is 4.74 Å². The van der Waals surface area contributed by atoms with Gasteiger partial charge < -0.3 is 19.5 Å². The van der Waals surface area contributed by atoms with Crippen molar-refractivity contribution in [3.05, 3.63) is 47.3 Å². The van der Waals surface area contributed by atoms with Gasteiger partial charge >= 0.3 is 5.97 Å². The highest BCUT2D eigenvalue weighted by molar-refractivity contribution is 6.05. The Hall–Kier alpha value is -3.09. The minimum absolute atomic E-state index is 0.154. The Labute approximate surface area is 170 Å². The number of nitrogens with one attached hydrogen (secondary N) is 1. The average molecular weight is 397 g/mol. The van der Waals surface area contributed by atoms with Gasteiger partial charge in [-0.25, -0.2) is 4.79 Å². The summed E-state index contributed by atoms with van der Waals surface area (Å²) in [6.07, 6.45) is 0.171. The zero-order valence-corrected chi connectivity index (χ0v) is 17.5. The minimum Gasteiger partial charge on any atom is -0.452 e. The zero-order chi connectivity index (χ0) is 21.3. The smallest absolute Gasteiger partial charge is 0.340 e. The molecule has 29 heavy (non-hydrogen) atoms. The van der Waals surface area contributed by atoms with Gasteiger partial charge in [0.15, 0.2) is 6.61 Å². The molecule has 154 valence electrons. The van der Waals surface area contributed by atoms with Crippen molar-refractivity contribution < 1.29 is 19.1 Å². The van der Waals surface area contributed by atoms with Crippen molar-refractivity contribution in [2.45, 2.75) is 53.1 Å². The maximum absolute atomic E-state index is 12.9. The fourth-order valence-electron chi connectivity index (χ4n) is 4.02. The zero-order valence-electron chi connectivity index (χ0n) is 17.5. The number of carbonyl (C=O) groups is 3. The van der Waals surface area contributed by atoms with Crippen LogP contribution in [-0.4, -0.2) is 35.0 Å². The third-order valence-electron chi connectivity index (χ3n) is 5.18. The van der Waals surface area contributed by atoms with Crippen molar-refractivity contribution >= 4 is 29.2 Å². The van der Waals surface area contributed by atoms with E-state index in [1.807, 2.05) is 27.7 Å². The van der Waals surface area contributed by atoms with E-state index >= 15 is 0 Å². The van der Waals surface area contributed by atoms with Gasteiger partial charge in [-0.1, -0.05) is 12.1 Å². The van der Waals surface area contributed by atoms with Crippen LogP contribution in [0.3, 0.4) is 0 Å². The van der Waals surface area contributed by atoms with Crippen molar-refractivity contribution in [3.8, 4) is 0 Å². The first-order chi connectivity index (χ1) is 13.7. The van der Waals surface area contributed by atoms with Gasteiger partial charge in [0.05, 0.1) is 16.9 Å². The SMILES string of the molecule is Cc1cc(C(=O)OCC(=O)N2c3ccccc3NC(=O)C[C@H]2C)c(C)n1C(C)C. The number of anilines is 2. The van der Waals surface area contributed by atoms with Crippen molar-refractivity contribution in [2.24, 2.45) is 0 Å². The maximum atomic E-state index is 12.9. The lowest BCUT2D eigenvalue weighted by molar-refractivity contribution is -0.122. The van der Waals surface area contributed by atoms with Gasteiger partial charge in [-0.3, -0.25) is 9.59 Å². The summed E-state index contributed by atoms with van der Waals surface area (Å²) in [6.45, 7) is 9.32. The normalized spacial score (nSPS) is 16.3. The molecular weight excluding hydrogens is 370 g/mol. The predicted molar refractivity (Wildman–Crippen MR) is 111 cm³/mol. The highest BCUT2D eigenvalue weighted by Crippen LogP contribution is 2.31. The number of esters is 1. The van der Waals surface area contributed by atoms with Gasteiger partial charge in [0, 0.05) is 29.9 Å². The molecule has 2 aromatic rings. The van der Waals surface area contributed by atoms with Gasteiger partial charge in [-0.15, -0.1) is 0 Å². The van der Waals surface area contributed by atoms with Crippen LogP contribution in [-0.2, 0) is 14.3 Å². The number of hydrogen-bond acceptors (Lipinski definition) is 4. The molecule has 1 aromatic heterocycles. The number of nitrogens with zero attached hydrogens (tertiary/aromatic N) is 2. The minimum atomic E-state index is -0.525. The van der Waals surface area contributed by atoms with Gasteiger partial charge in [-0.05, 0) is 52.8 Å². The van der Waals surface area contributed by atoms with Crippen molar-refractivity contribution in [1.82, 2.24) is 4.57 Å². The van der Waals surface area contributed by atoms with Crippen LogP contribution in [0.15, 0.2) is 30.3 Å². The second-order valence-electron chi connectivity index (χ2n) is 7.71. The summed E-state index contributed by atoms with van der Waals surface area (Å²) in [5, 5.41) is 2.81. The van der Waals surface area contributed by atoms with E-state index in [1.165, 1.54) is 4.90 Å². The van der Waals surface area contributed by atoms with Crippen LogP contribution in [0.1, 0.15) is 55.0 Å². The molecule has 0 saturated heterocycles. The first kappa shape index (κ1) is 20.6. The fraction of sp³-hybridized carbons (Fsp3) is 0.409. The molecule has 0 radical (unpaired) electrons. The Bertz CT molecular complexity index is 961. The van der Waals surface area contributed by atoms with Crippen LogP contribution >= 0.6 is 0 Å². The molecule has 7 nitrogen and oxygen atoms in total. The summed E-state index contributed by atoms with van der Waals surface area (Å²) in [5.41, 5.74) is 3.42. The van der Waals surface area contributed by atoms with Crippen molar-refractivity contribution in [2.75, 3.05) is 16.8 Å². The average Bonchev–Trinajstić information content (AvgIpc) is 2.87. The van der Waals surface area contributed by atoms with Crippen molar-refractivity contribution in [3.63, 3.8) is 0 Å². The lowest BCUT2D eigenvalue weighted by Crippen LogP contribution is -2.41. The molecular formula is C22H27N3O4. The van der Waals surface area contributed by atoms with Crippen LogP contribution in [0.5, 0.6) is 0 Å². The summed E-state index contributed by atoms with van der Waals surface area (Å²) < 4.78 is 7.41. The van der Waals surface area contributed by atoms with Gasteiger partial charge in [0.25, 0.3) is 5.91 Å². The summed E-state index contributed by atoms with van der Waals surface area (Å²) in [4.78, 5) is 39.1. The Morgan fingerprint density at radius 2 is 1.93 bits per heavy atom. The molecule has 1 aromatic carbocycles. The number of aromatic nitrogens is 1. The molecule has 0 aliphatic carbocycles. The Morgan fingerprint density at radius 1 is 1.24 bits per heavy atom. The molecule has 1 aliphatic rings. The molecule has 0 fully saturated rings. The van der Waals surface area contributed by atoms with Gasteiger partial charge in [0.2, 0.25) is 5.91 Å². The molecule has 0 spiro atoms. The van der Waals surface area contributed by atoms with E-state index in [9.17, 15) is 14.4 Å². The summed E-state index contributed by atoms with van der Waals surface area (Å²) >= 11 is 0. The number of aryl methyl sites for hydroxylation is 1. The molecule has 1 aliphatic heterocycles. The number of hydrogen-bond donors (Lipinski definition) is 1. The Kier molecular flexibility index (Phi) is 5.77. The van der Waals surface area contributed by atoms with Crippen LogP contribution in [0.25, 0.3) is 0 Å². The molecule has 0 saturated carbocycles. The van der Waals surface area contributed by atoms with Crippen LogP contribution < -0.4 is 10.2 Å². The molecule has 0 bridgehead atoms. The van der Waals surface area contributed by atoms with Gasteiger partial charge in [-0.2, -0.15) is 0 Å². The number of rotatable bonds is 4. The van der Waals surface area contributed by atoms with E-state index in [-0.39, 0.29) is 30.3 Å². The highest BCUT2D eigenvalue weighted by atomic mass is 16.5. The summed E-state index contributed by atoms with van der Waals surface area (Å²) in [7, 11) is 0. The molecule has 3 rings (SSSR count). The third kappa shape index (κ3) is 4.04. The quantitative estimate of drug-likeness (QED) is 0.799. The molecule has 1 atom stereocenters. The van der Waals surface area contributed by atoms with E-state index in [0.29, 0.717) is 16.9 Å². The molecule has 0 unspecified atom stereocenters. The van der Waals surface area contributed by atoms with Gasteiger partial charge in [0.1, 0.15) is 0 Å². The van der Waals surface area contributed by atoms with E-state index < -0.39 is 12.6 Å². The largest absolute Gasteiger partial charge is 0.452 e.